The SMILES string of the molecule is CO.N#CC1=CCN=C1.N#Cc1cnn(CO)c1. The molecule has 2 N–H and O–H groups in total. The van der Waals surface area contributed by atoms with Crippen LogP contribution in [0.2, 0.25) is 0 Å². The highest BCUT2D eigenvalue weighted by Crippen LogP contribution is 1.94. The zero-order valence-electron chi connectivity index (χ0n) is 9.85. The van der Waals surface area contributed by atoms with E-state index in [1.165, 1.54) is 17.1 Å². The van der Waals surface area contributed by atoms with Crippen molar-refractivity contribution in [1.29, 1.82) is 10.5 Å². The van der Waals surface area contributed by atoms with E-state index >= 15 is 0 Å². The van der Waals surface area contributed by atoms with Gasteiger partial charge in [0.1, 0.15) is 18.9 Å². The van der Waals surface area contributed by atoms with Crippen LogP contribution in [0, 0.1) is 22.7 Å². The van der Waals surface area contributed by atoms with Gasteiger partial charge >= 0.3 is 0 Å². The smallest absolute Gasteiger partial charge is 0.136 e. The van der Waals surface area contributed by atoms with Gasteiger partial charge in [-0.1, -0.05) is 0 Å². The summed E-state index contributed by atoms with van der Waals surface area (Å²) in [5, 5.41) is 35.5. The van der Waals surface area contributed by atoms with Gasteiger partial charge in [0, 0.05) is 19.5 Å². The standard InChI is InChI=1S/C5H5N3O.C5H4N2.CH4O/c6-1-5-2-7-8(3-5)4-9;6-3-5-1-2-7-4-5;1-2/h2-3,9H,4H2;1,4H,2H2;2H,1H3. The average molecular weight is 247 g/mol. The van der Waals surface area contributed by atoms with Gasteiger partial charge in [-0.3, -0.25) is 4.99 Å². The second-order valence-electron chi connectivity index (χ2n) is 2.79. The van der Waals surface area contributed by atoms with Crippen LogP contribution in [0.15, 0.2) is 29.0 Å². The number of hydrogen-bond donors (Lipinski definition) is 2. The maximum Gasteiger partial charge on any atom is 0.136 e. The number of nitrogens with zero attached hydrogens (tertiary/aromatic N) is 5. The molecular formula is C11H13N5O2. The average Bonchev–Trinajstić information content (AvgIpc) is 3.12. The Labute approximate surface area is 105 Å². The second-order valence-corrected chi connectivity index (χ2v) is 2.79. The summed E-state index contributed by atoms with van der Waals surface area (Å²) >= 11 is 0. The normalized spacial score (nSPS) is 11.1. The molecule has 1 aromatic rings. The third-order valence-electron chi connectivity index (χ3n) is 1.68. The van der Waals surface area contributed by atoms with Crippen LogP contribution in [0.4, 0.5) is 0 Å². The first-order valence-corrected chi connectivity index (χ1v) is 4.88. The molecule has 0 radical (unpaired) electrons. The predicted molar refractivity (Wildman–Crippen MR) is 64.4 cm³/mol. The predicted octanol–water partition coefficient (Wildman–Crippen LogP) is -0.166. The number of nitriles is 2. The minimum Gasteiger partial charge on any atom is -0.400 e. The highest BCUT2D eigenvalue weighted by molar-refractivity contribution is 5.85. The lowest BCUT2D eigenvalue weighted by atomic mass is 10.3. The molecule has 1 aromatic heterocycles. The van der Waals surface area contributed by atoms with Gasteiger partial charge in [-0.2, -0.15) is 15.6 Å². The number of allylic oxidation sites excluding steroid dienone is 1. The molecule has 0 atom stereocenters. The van der Waals surface area contributed by atoms with Crippen LogP contribution >= 0.6 is 0 Å². The Kier molecular flexibility index (Phi) is 8.39. The monoisotopic (exact) mass is 247 g/mol. The molecule has 7 nitrogen and oxygen atoms in total. The zero-order valence-corrected chi connectivity index (χ0v) is 9.85. The van der Waals surface area contributed by atoms with Crippen molar-refractivity contribution in [1.82, 2.24) is 9.78 Å². The van der Waals surface area contributed by atoms with Crippen molar-refractivity contribution in [3.63, 3.8) is 0 Å². The van der Waals surface area contributed by atoms with Crippen LogP contribution in [0.1, 0.15) is 5.56 Å². The van der Waals surface area contributed by atoms with Crippen molar-refractivity contribution in [2.24, 2.45) is 4.99 Å². The fourth-order valence-electron chi connectivity index (χ4n) is 0.928. The van der Waals surface area contributed by atoms with Crippen LogP contribution in [0.5, 0.6) is 0 Å². The maximum absolute atomic E-state index is 8.44. The number of hydrogen-bond acceptors (Lipinski definition) is 6. The van der Waals surface area contributed by atoms with Crippen LogP contribution in [0.25, 0.3) is 0 Å². The summed E-state index contributed by atoms with van der Waals surface area (Å²) in [5.74, 6) is 0. The molecule has 1 aliphatic heterocycles. The Bertz CT molecular complexity index is 490. The fourth-order valence-corrected chi connectivity index (χ4v) is 0.928. The van der Waals surface area contributed by atoms with E-state index in [0.717, 1.165) is 7.11 Å². The van der Waals surface area contributed by atoms with E-state index < -0.39 is 0 Å². The van der Waals surface area contributed by atoms with Crippen molar-refractivity contribution in [2.75, 3.05) is 13.7 Å². The molecule has 0 aliphatic carbocycles. The number of aliphatic hydroxyl groups excluding tert-OH is 2. The first kappa shape index (κ1) is 15.5. The molecule has 0 aromatic carbocycles. The summed E-state index contributed by atoms with van der Waals surface area (Å²) in [6.07, 6.45) is 6.25. The molecule has 1 aliphatic rings. The first-order chi connectivity index (χ1) is 8.80. The molecule has 0 unspecified atom stereocenters. The summed E-state index contributed by atoms with van der Waals surface area (Å²) in [6, 6.07) is 3.86. The minimum absolute atomic E-state index is 0.179. The lowest BCUT2D eigenvalue weighted by Crippen LogP contribution is -1.94. The third-order valence-corrected chi connectivity index (χ3v) is 1.68. The van der Waals surface area contributed by atoms with Gasteiger partial charge < -0.3 is 10.2 Å². The van der Waals surface area contributed by atoms with E-state index in [-0.39, 0.29) is 6.73 Å². The van der Waals surface area contributed by atoms with E-state index in [0.29, 0.717) is 17.7 Å². The summed E-state index contributed by atoms with van der Waals surface area (Å²) in [4.78, 5) is 3.80. The summed E-state index contributed by atoms with van der Waals surface area (Å²) in [5.41, 5.74) is 1.14. The highest BCUT2D eigenvalue weighted by atomic mass is 16.3. The molecule has 18 heavy (non-hydrogen) atoms. The van der Waals surface area contributed by atoms with Gasteiger partial charge in [-0.25, -0.2) is 4.68 Å². The Hall–Kier alpha value is -2.48. The third kappa shape index (κ3) is 5.56. The van der Waals surface area contributed by atoms with Crippen LogP contribution in [-0.2, 0) is 6.73 Å². The maximum atomic E-state index is 8.44. The Morgan fingerprint density at radius 3 is 2.39 bits per heavy atom. The molecule has 7 heteroatoms. The molecule has 94 valence electrons. The van der Waals surface area contributed by atoms with Gasteiger partial charge in [0.15, 0.2) is 0 Å². The molecule has 0 amide bonds. The summed E-state index contributed by atoms with van der Waals surface area (Å²) in [7, 11) is 1.00. The van der Waals surface area contributed by atoms with Crippen molar-refractivity contribution < 1.29 is 10.2 Å². The van der Waals surface area contributed by atoms with Crippen LogP contribution in [-0.4, -0.2) is 39.9 Å². The zero-order chi connectivity index (χ0) is 13.8. The van der Waals surface area contributed by atoms with Crippen molar-refractivity contribution >= 4 is 6.21 Å². The number of rotatable bonds is 1. The van der Waals surface area contributed by atoms with E-state index in [1.807, 2.05) is 12.1 Å². The highest BCUT2D eigenvalue weighted by Gasteiger charge is 1.92. The van der Waals surface area contributed by atoms with Crippen LogP contribution < -0.4 is 0 Å². The Morgan fingerprint density at radius 1 is 1.39 bits per heavy atom. The number of aliphatic hydroxyl groups is 2. The van der Waals surface area contributed by atoms with E-state index in [2.05, 4.69) is 10.1 Å². The summed E-state index contributed by atoms with van der Waals surface area (Å²) < 4.78 is 1.28. The Morgan fingerprint density at radius 2 is 2.11 bits per heavy atom. The fraction of sp³-hybridized carbons (Fsp3) is 0.273. The van der Waals surface area contributed by atoms with Crippen molar-refractivity contribution in [2.45, 2.75) is 6.73 Å². The van der Waals surface area contributed by atoms with E-state index in [4.69, 9.17) is 20.7 Å². The van der Waals surface area contributed by atoms with Gasteiger partial charge in [0.2, 0.25) is 0 Å². The number of aromatic nitrogens is 2. The molecular weight excluding hydrogens is 234 g/mol. The molecule has 2 heterocycles. The lowest BCUT2D eigenvalue weighted by Gasteiger charge is -1.87. The molecule has 0 bridgehead atoms. The van der Waals surface area contributed by atoms with Crippen molar-refractivity contribution in [3.05, 3.63) is 29.6 Å². The molecule has 0 saturated heterocycles. The van der Waals surface area contributed by atoms with Gasteiger partial charge in [-0.15, -0.1) is 0 Å². The molecule has 0 saturated carbocycles. The number of aliphatic imine (C=N–C) groups is 1. The van der Waals surface area contributed by atoms with E-state index in [1.54, 1.807) is 12.3 Å². The molecule has 2 rings (SSSR count). The van der Waals surface area contributed by atoms with Gasteiger partial charge in [0.05, 0.1) is 23.9 Å². The largest absolute Gasteiger partial charge is 0.400 e. The van der Waals surface area contributed by atoms with Gasteiger partial charge in [-0.05, 0) is 6.08 Å². The lowest BCUT2D eigenvalue weighted by molar-refractivity contribution is 0.195. The van der Waals surface area contributed by atoms with Crippen molar-refractivity contribution in [3.8, 4) is 12.1 Å². The topological polar surface area (TPSA) is 118 Å². The second kappa shape index (κ2) is 9.73. The molecule has 0 spiro atoms. The Balaban J connectivity index is 0.000000289. The first-order valence-electron chi connectivity index (χ1n) is 4.88. The van der Waals surface area contributed by atoms with Gasteiger partial charge in [0.25, 0.3) is 0 Å². The molecule has 0 fully saturated rings. The summed E-state index contributed by atoms with van der Waals surface area (Å²) in [6.45, 7) is 0.505. The quantitative estimate of drug-likeness (QED) is 0.714. The minimum atomic E-state index is -0.179. The van der Waals surface area contributed by atoms with Crippen LogP contribution in [0.3, 0.4) is 0 Å². The van der Waals surface area contributed by atoms with E-state index in [9.17, 15) is 0 Å².